The fourth-order valence-electron chi connectivity index (χ4n) is 2.04. The zero-order chi connectivity index (χ0) is 13.0. The zero-order valence-corrected chi connectivity index (χ0v) is 10.7. The first kappa shape index (κ1) is 12.5. The molecule has 5 nitrogen and oxygen atoms in total. The van der Waals surface area contributed by atoms with Gasteiger partial charge in [0.2, 0.25) is 0 Å². The molecule has 0 aliphatic carbocycles. The van der Waals surface area contributed by atoms with Gasteiger partial charge in [0, 0.05) is 12.1 Å². The molecule has 0 saturated carbocycles. The van der Waals surface area contributed by atoms with Crippen LogP contribution in [0.15, 0.2) is 18.2 Å². The number of rotatable bonds is 3. The van der Waals surface area contributed by atoms with Crippen LogP contribution in [0.2, 0.25) is 0 Å². The topological polar surface area (TPSA) is 59.6 Å². The molecule has 0 aromatic heterocycles. The van der Waals surface area contributed by atoms with Gasteiger partial charge in [-0.1, -0.05) is 12.1 Å². The molecule has 1 aliphatic rings. The molecule has 0 saturated heterocycles. The van der Waals surface area contributed by atoms with E-state index in [1.165, 1.54) is 0 Å². The van der Waals surface area contributed by atoms with Crippen LogP contribution in [-0.4, -0.2) is 32.3 Å². The molecule has 98 valence electrons. The number of hydrogen-bond acceptors (Lipinski definition) is 3. The molecule has 1 atom stereocenters. The predicted octanol–water partition coefficient (Wildman–Crippen LogP) is 1.32. The minimum atomic E-state index is -0.155. The molecule has 2 N–H and O–H groups in total. The van der Waals surface area contributed by atoms with Gasteiger partial charge in [0.25, 0.3) is 0 Å². The Balaban J connectivity index is 2.04. The minimum absolute atomic E-state index is 0.00356. The molecule has 18 heavy (non-hydrogen) atoms. The van der Waals surface area contributed by atoms with Crippen molar-refractivity contribution in [3.8, 4) is 11.5 Å². The van der Waals surface area contributed by atoms with Crippen LogP contribution in [0.1, 0.15) is 12.5 Å². The van der Waals surface area contributed by atoms with Crippen molar-refractivity contribution in [1.29, 1.82) is 0 Å². The molecule has 1 aromatic rings. The van der Waals surface area contributed by atoms with Gasteiger partial charge in [0.05, 0.1) is 13.2 Å². The van der Waals surface area contributed by atoms with Crippen molar-refractivity contribution in [1.82, 2.24) is 10.6 Å². The Morgan fingerprint density at radius 2 is 2.39 bits per heavy atom. The van der Waals surface area contributed by atoms with E-state index in [0.29, 0.717) is 13.2 Å². The second-order valence-electron chi connectivity index (χ2n) is 4.16. The van der Waals surface area contributed by atoms with Gasteiger partial charge in [0.1, 0.15) is 6.61 Å². The molecule has 0 spiro atoms. The van der Waals surface area contributed by atoms with Crippen molar-refractivity contribution < 1.29 is 14.3 Å². The number of ether oxygens (including phenoxy) is 2. The number of hydrogen-bond donors (Lipinski definition) is 2. The third-order valence-corrected chi connectivity index (χ3v) is 2.85. The monoisotopic (exact) mass is 250 g/mol. The normalized spacial score (nSPS) is 17.3. The molecular formula is C13H18N2O3. The Kier molecular flexibility index (Phi) is 3.92. The van der Waals surface area contributed by atoms with Crippen molar-refractivity contribution in [2.75, 3.05) is 20.3 Å². The summed E-state index contributed by atoms with van der Waals surface area (Å²) in [6.07, 6.45) is 0.754. The van der Waals surface area contributed by atoms with Crippen LogP contribution < -0.4 is 20.1 Å². The minimum Gasteiger partial charge on any atom is -0.493 e. The van der Waals surface area contributed by atoms with Gasteiger partial charge in [-0.3, -0.25) is 0 Å². The molecule has 5 heteroatoms. The zero-order valence-electron chi connectivity index (χ0n) is 10.7. The van der Waals surface area contributed by atoms with Gasteiger partial charge in [-0.15, -0.1) is 0 Å². The lowest BCUT2D eigenvalue weighted by Gasteiger charge is -2.27. The van der Waals surface area contributed by atoms with E-state index >= 15 is 0 Å². The lowest BCUT2D eigenvalue weighted by molar-refractivity contribution is 0.210. The molecule has 1 unspecified atom stereocenters. The highest BCUT2D eigenvalue weighted by Crippen LogP contribution is 2.34. The van der Waals surface area contributed by atoms with Gasteiger partial charge in [-0.05, 0) is 19.4 Å². The van der Waals surface area contributed by atoms with E-state index in [9.17, 15) is 4.79 Å². The number of urea groups is 1. The molecule has 0 bridgehead atoms. The number of nitrogens with one attached hydrogen (secondary N) is 2. The Morgan fingerprint density at radius 1 is 1.56 bits per heavy atom. The lowest BCUT2D eigenvalue weighted by atomic mass is 10.0. The fourth-order valence-corrected chi connectivity index (χ4v) is 2.04. The van der Waals surface area contributed by atoms with Crippen molar-refractivity contribution in [2.45, 2.75) is 19.4 Å². The van der Waals surface area contributed by atoms with Crippen molar-refractivity contribution in [3.63, 3.8) is 0 Å². The SMILES string of the molecule is CCNC(=O)NC1COc2c(cccc2OC)C1. The molecule has 1 aliphatic heterocycles. The number of fused-ring (bicyclic) bond motifs is 1. The molecule has 2 rings (SSSR count). The summed E-state index contributed by atoms with van der Waals surface area (Å²) in [4.78, 5) is 11.4. The van der Waals surface area contributed by atoms with Crippen LogP contribution in [0.25, 0.3) is 0 Å². The van der Waals surface area contributed by atoms with Gasteiger partial charge in [0.15, 0.2) is 11.5 Å². The van der Waals surface area contributed by atoms with Crippen LogP contribution in [0.5, 0.6) is 11.5 Å². The number of carbonyl (C=O) groups is 1. The third kappa shape index (κ3) is 2.67. The summed E-state index contributed by atoms with van der Waals surface area (Å²) in [5.74, 6) is 1.53. The maximum Gasteiger partial charge on any atom is 0.315 e. The Bertz CT molecular complexity index is 434. The third-order valence-electron chi connectivity index (χ3n) is 2.85. The number of para-hydroxylation sites is 1. The number of benzene rings is 1. The van der Waals surface area contributed by atoms with Crippen LogP contribution in [0.4, 0.5) is 4.79 Å². The molecule has 1 heterocycles. The first-order chi connectivity index (χ1) is 8.74. The first-order valence-corrected chi connectivity index (χ1v) is 6.07. The second kappa shape index (κ2) is 5.62. The van der Waals surface area contributed by atoms with E-state index < -0.39 is 0 Å². The highest BCUT2D eigenvalue weighted by atomic mass is 16.5. The highest BCUT2D eigenvalue weighted by Gasteiger charge is 2.23. The summed E-state index contributed by atoms with van der Waals surface area (Å²) in [6.45, 7) is 2.96. The van der Waals surface area contributed by atoms with Gasteiger partial charge >= 0.3 is 6.03 Å². The summed E-state index contributed by atoms with van der Waals surface area (Å²) >= 11 is 0. The lowest BCUT2D eigenvalue weighted by Crippen LogP contribution is -2.47. The Morgan fingerprint density at radius 3 is 3.11 bits per heavy atom. The second-order valence-corrected chi connectivity index (χ2v) is 4.16. The average Bonchev–Trinajstić information content (AvgIpc) is 2.38. The molecule has 0 fully saturated rings. The molecule has 0 radical (unpaired) electrons. The fraction of sp³-hybridized carbons (Fsp3) is 0.462. The average molecular weight is 250 g/mol. The molecule has 1 aromatic carbocycles. The largest absolute Gasteiger partial charge is 0.493 e. The van der Waals surface area contributed by atoms with Crippen molar-refractivity contribution in [3.05, 3.63) is 23.8 Å². The van der Waals surface area contributed by atoms with E-state index in [-0.39, 0.29) is 12.1 Å². The van der Waals surface area contributed by atoms with Gasteiger partial charge in [-0.25, -0.2) is 4.79 Å². The number of amides is 2. The Hall–Kier alpha value is -1.91. The summed E-state index contributed by atoms with van der Waals surface area (Å²) in [5.41, 5.74) is 1.06. The first-order valence-electron chi connectivity index (χ1n) is 6.07. The van der Waals surface area contributed by atoms with Crippen LogP contribution in [0, 0.1) is 0 Å². The van der Waals surface area contributed by atoms with Gasteiger partial charge < -0.3 is 20.1 Å². The maximum absolute atomic E-state index is 11.4. The van der Waals surface area contributed by atoms with Crippen LogP contribution in [0.3, 0.4) is 0 Å². The van der Waals surface area contributed by atoms with E-state index in [1.54, 1.807) is 7.11 Å². The molecular weight excluding hydrogens is 232 g/mol. The standard InChI is InChI=1S/C13H18N2O3/c1-3-14-13(16)15-10-7-9-5-4-6-11(17-2)12(9)18-8-10/h4-6,10H,3,7-8H2,1-2H3,(H2,14,15,16). The van der Waals surface area contributed by atoms with Crippen molar-refractivity contribution in [2.24, 2.45) is 0 Å². The van der Waals surface area contributed by atoms with E-state index in [1.807, 2.05) is 25.1 Å². The predicted molar refractivity (Wildman–Crippen MR) is 68.2 cm³/mol. The summed E-state index contributed by atoms with van der Waals surface area (Å²) in [6, 6.07) is 5.63. The van der Waals surface area contributed by atoms with Gasteiger partial charge in [-0.2, -0.15) is 0 Å². The number of carbonyl (C=O) groups excluding carboxylic acids is 1. The van der Waals surface area contributed by atoms with E-state index in [2.05, 4.69) is 10.6 Å². The summed E-state index contributed by atoms with van der Waals surface area (Å²) < 4.78 is 10.9. The smallest absolute Gasteiger partial charge is 0.315 e. The van der Waals surface area contributed by atoms with Crippen LogP contribution in [-0.2, 0) is 6.42 Å². The molecule has 2 amide bonds. The number of methoxy groups -OCH3 is 1. The van der Waals surface area contributed by atoms with E-state index in [0.717, 1.165) is 23.5 Å². The summed E-state index contributed by atoms with van der Waals surface area (Å²) in [5, 5.41) is 5.59. The maximum atomic E-state index is 11.4. The summed E-state index contributed by atoms with van der Waals surface area (Å²) in [7, 11) is 1.62. The highest BCUT2D eigenvalue weighted by molar-refractivity contribution is 5.74. The van der Waals surface area contributed by atoms with Crippen LogP contribution >= 0.6 is 0 Å². The van der Waals surface area contributed by atoms with E-state index in [4.69, 9.17) is 9.47 Å². The Labute approximate surface area is 106 Å². The van der Waals surface area contributed by atoms with Crippen molar-refractivity contribution >= 4 is 6.03 Å². The quantitative estimate of drug-likeness (QED) is 0.850.